The van der Waals surface area contributed by atoms with Crippen LogP contribution in [0.3, 0.4) is 0 Å². The van der Waals surface area contributed by atoms with Gasteiger partial charge in [0, 0.05) is 11.6 Å². The van der Waals surface area contributed by atoms with Gasteiger partial charge in [0.1, 0.15) is 11.5 Å². The average molecular weight is 305 g/mol. The number of amides is 2. The molecule has 0 fully saturated rings. The van der Waals surface area contributed by atoms with Crippen LogP contribution in [0.1, 0.15) is 36.8 Å². The van der Waals surface area contributed by atoms with Crippen molar-refractivity contribution in [3.05, 3.63) is 29.6 Å². The van der Waals surface area contributed by atoms with Gasteiger partial charge in [0.15, 0.2) is 0 Å². The van der Waals surface area contributed by atoms with Gasteiger partial charge in [-0.2, -0.15) is 0 Å². The van der Waals surface area contributed by atoms with Gasteiger partial charge in [-0.15, -0.1) is 0 Å². The van der Waals surface area contributed by atoms with Gasteiger partial charge >= 0.3 is 0 Å². The molecule has 2 aromatic rings. The lowest BCUT2D eigenvalue weighted by molar-refractivity contribution is -0.127. The molecule has 118 valence electrons. The lowest BCUT2D eigenvalue weighted by atomic mass is 9.92. The fourth-order valence-corrected chi connectivity index (χ4v) is 2.23. The zero-order valence-corrected chi connectivity index (χ0v) is 12.7. The highest BCUT2D eigenvalue weighted by Gasteiger charge is 2.25. The minimum Gasteiger partial charge on any atom is -0.366 e. The van der Waals surface area contributed by atoms with Crippen molar-refractivity contribution in [1.82, 2.24) is 14.9 Å². The number of nitrogens with one attached hydrogen (secondary N) is 2. The van der Waals surface area contributed by atoms with Crippen molar-refractivity contribution in [3.8, 4) is 0 Å². The molecule has 0 saturated heterocycles. The van der Waals surface area contributed by atoms with E-state index < -0.39 is 11.8 Å². The molecule has 0 bridgehead atoms. The Hall–Kier alpha value is -2.61. The average Bonchev–Trinajstić information content (AvgIpc) is 2.81. The first-order valence-corrected chi connectivity index (χ1v) is 6.73. The summed E-state index contributed by atoms with van der Waals surface area (Å²) in [7, 11) is 0. The van der Waals surface area contributed by atoms with E-state index in [4.69, 9.17) is 10.9 Å². The maximum absolute atomic E-state index is 11.4. The van der Waals surface area contributed by atoms with Crippen LogP contribution in [0.15, 0.2) is 18.3 Å². The Kier molecular flexibility index (Phi) is 4.05. The monoisotopic (exact) mass is 305 g/mol. The first-order chi connectivity index (χ1) is 10.2. The summed E-state index contributed by atoms with van der Waals surface area (Å²) in [6.07, 6.45) is 1.63. The third-order valence-corrected chi connectivity index (χ3v) is 3.15. The largest absolute Gasteiger partial charge is 0.366 e. The molecular formula is C14H19N5O3. The molecule has 2 rings (SSSR count). The maximum Gasteiger partial charge on any atom is 0.262 e. The molecule has 0 aliphatic rings. The van der Waals surface area contributed by atoms with Gasteiger partial charge in [-0.05, 0) is 12.1 Å². The molecule has 0 saturated carbocycles. The van der Waals surface area contributed by atoms with Crippen LogP contribution in [0, 0.1) is 0 Å². The van der Waals surface area contributed by atoms with Gasteiger partial charge in [-0.1, -0.05) is 20.8 Å². The highest BCUT2D eigenvalue weighted by molar-refractivity contribution is 5.92. The Labute approximate surface area is 127 Å². The number of fused-ring (bicyclic) bond motifs is 1. The number of pyridine rings is 1. The van der Waals surface area contributed by atoms with Crippen LogP contribution in [0.4, 0.5) is 5.82 Å². The minimum absolute atomic E-state index is 0.119. The van der Waals surface area contributed by atoms with Crippen LogP contribution in [0.25, 0.3) is 5.65 Å². The van der Waals surface area contributed by atoms with Crippen LogP contribution in [0.5, 0.6) is 0 Å². The van der Waals surface area contributed by atoms with Gasteiger partial charge in [0.2, 0.25) is 5.91 Å². The van der Waals surface area contributed by atoms with E-state index in [0.29, 0.717) is 17.0 Å². The summed E-state index contributed by atoms with van der Waals surface area (Å²) in [6.45, 7) is 5.85. The Bertz CT molecular complexity index is 730. The van der Waals surface area contributed by atoms with Crippen LogP contribution < -0.4 is 16.5 Å². The van der Waals surface area contributed by atoms with Crippen LogP contribution in [-0.4, -0.2) is 33.0 Å². The number of rotatable bonds is 4. The van der Waals surface area contributed by atoms with Gasteiger partial charge < -0.3 is 15.5 Å². The highest BCUT2D eigenvalue weighted by atomic mass is 16.5. The molecule has 0 atom stereocenters. The number of hydrogen-bond donors (Lipinski definition) is 4. The van der Waals surface area contributed by atoms with Crippen molar-refractivity contribution in [2.24, 2.45) is 5.73 Å². The fourth-order valence-electron chi connectivity index (χ4n) is 2.23. The second-order valence-electron chi connectivity index (χ2n) is 5.96. The summed E-state index contributed by atoms with van der Waals surface area (Å²) in [5.41, 5.74) is 8.37. The molecule has 8 heteroatoms. The number of aromatic nitrogens is 2. The van der Waals surface area contributed by atoms with Crippen molar-refractivity contribution in [3.63, 3.8) is 0 Å². The summed E-state index contributed by atoms with van der Waals surface area (Å²) in [4.78, 5) is 27.0. The third-order valence-electron chi connectivity index (χ3n) is 3.15. The summed E-state index contributed by atoms with van der Waals surface area (Å²) in [6, 6.07) is 3.29. The molecule has 0 unspecified atom stereocenters. The molecule has 5 N–H and O–H groups in total. The van der Waals surface area contributed by atoms with Crippen molar-refractivity contribution >= 4 is 23.3 Å². The number of primary amides is 1. The normalized spacial score (nSPS) is 11.5. The smallest absolute Gasteiger partial charge is 0.262 e. The first kappa shape index (κ1) is 15.8. The molecular weight excluding hydrogens is 286 g/mol. The van der Waals surface area contributed by atoms with E-state index in [0.717, 1.165) is 5.69 Å². The van der Waals surface area contributed by atoms with Crippen molar-refractivity contribution in [1.29, 1.82) is 0 Å². The Morgan fingerprint density at radius 1 is 1.36 bits per heavy atom. The quantitative estimate of drug-likeness (QED) is 0.488. The molecule has 8 nitrogen and oxygen atoms in total. The molecule has 0 aliphatic carbocycles. The van der Waals surface area contributed by atoms with E-state index in [-0.39, 0.29) is 12.0 Å². The molecule has 0 spiro atoms. The number of nitrogens with zero attached hydrogens (tertiary/aromatic N) is 2. The second kappa shape index (κ2) is 5.64. The van der Waals surface area contributed by atoms with Gasteiger partial charge in [-0.3, -0.25) is 14.8 Å². The Balaban J connectivity index is 2.56. The second-order valence-corrected chi connectivity index (χ2v) is 5.96. The topological polar surface area (TPSA) is 122 Å². The molecule has 0 aromatic carbocycles. The van der Waals surface area contributed by atoms with Crippen LogP contribution in [0.2, 0.25) is 0 Å². The first-order valence-electron chi connectivity index (χ1n) is 6.73. The van der Waals surface area contributed by atoms with Crippen LogP contribution in [-0.2, 0) is 10.2 Å². The number of imidazole rings is 1. The van der Waals surface area contributed by atoms with E-state index in [1.54, 1.807) is 28.2 Å². The van der Waals surface area contributed by atoms with E-state index in [1.807, 2.05) is 20.8 Å². The van der Waals surface area contributed by atoms with Crippen molar-refractivity contribution in [2.75, 3.05) is 11.9 Å². The molecule has 2 amide bonds. The van der Waals surface area contributed by atoms with Gasteiger partial charge in [0.25, 0.3) is 5.91 Å². The summed E-state index contributed by atoms with van der Waals surface area (Å²) >= 11 is 0. The summed E-state index contributed by atoms with van der Waals surface area (Å²) in [5, 5.41) is 11.5. The van der Waals surface area contributed by atoms with Crippen molar-refractivity contribution in [2.45, 2.75) is 26.2 Å². The lowest BCUT2D eigenvalue weighted by Crippen LogP contribution is -2.28. The zero-order chi connectivity index (χ0) is 16.5. The molecule has 2 heterocycles. The predicted octanol–water partition coefficient (Wildman–Crippen LogP) is 0.648. The van der Waals surface area contributed by atoms with E-state index >= 15 is 0 Å². The summed E-state index contributed by atoms with van der Waals surface area (Å²) < 4.78 is 1.78. The Morgan fingerprint density at radius 3 is 2.59 bits per heavy atom. The van der Waals surface area contributed by atoms with Gasteiger partial charge in [-0.25, -0.2) is 10.5 Å². The number of carbonyl (C=O) groups excluding carboxylic acids is 2. The summed E-state index contributed by atoms with van der Waals surface area (Å²) in [5.74, 6) is -0.586. The number of carbonyl (C=O) groups is 2. The lowest BCUT2D eigenvalue weighted by Gasteiger charge is -2.20. The number of hydroxylamine groups is 1. The van der Waals surface area contributed by atoms with Gasteiger partial charge in [0.05, 0.1) is 17.8 Å². The Morgan fingerprint density at radius 2 is 2.05 bits per heavy atom. The third kappa shape index (κ3) is 3.01. The van der Waals surface area contributed by atoms with Crippen LogP contribution >= 0.6 is 0 Å². The molecule has 22 heavy (non-hydrogen) atoms. The number of nitrogens with two attached hydrogens (primary N) is 1. The number of anilines is 1. The minimum atomic E-state index is -0.574. The zero-order valence-electron chi connectivity index (χ0n) is 12.7. The predicted molar refractivity (Wildman–Crippen MR) is 80.8 cm³/mol. The molecule has 0 aliphatic heterocycles. The van der Waals surface area contributed by atoms with E-state index in [1.165, 1.54) is 0 Å². The highest BCUT2D eigenvalue weighted by Crippen LogP contribution is 2.30. The molecule has 0 radical (unpaired) electrons. The number of hydrogen-bond acceptors (Lipinski definition) is 5. The van der Waals surface area contributed by atoms with Crippen molar-refractivity contribution < 1.29 is 14.8 Å². The maximum atomic E-state index is 11.4. The van der Waals surface area contributed by atoms with E-state index in [2.05, 4.69) is 10.3 Å². The van der Waals surface area contributed by atoms with E-state index in [9.17, 15) is 9.59 Å². The SMILES string of the molecule is CC(C)(C)c1c(NCC(=O)NO)nc2ccc(C(N)=O)cn12. The molecule has 2 aromatic heterocycles. The fraction of sp³-hybridized carbons (Fsp3) is 0.357. The standard InChI is InChI=1S/C14H19N5O3/c1-14(2,3)11-13(16-6-10(20)18-22)17-9-5-4-8(12(15)21)7-19(9)11/h4-5,7,16,22H,6H2,1-3H3,(H2,15,21)(H,18,20).